The highest BCUT2D eigenvalue weighted by atomic mass is 32.2. The van der Waals surface area contributed by atoms with Gasteiger partial charge in [-0.15, -0.1) is 0 Å². The Morgan fingerprint density at radius 3 is 3.11 bits per heavy atom. The number of nitrogens with zero attached hydrogens (tertiary/aromatic N) is 2. The lowest BCUT2D eigenvalue weighted by atomic mass is 10.2. The van der Waals surface area contributed by atoms with Crippen molar-refractivity contribution in [2.45, 2.75) is 17.9 Å². The summed E-state index contributed by atoms with van der Waals surface area (Å²) in [6.07, 6.45) is 1.99. The van der Waals surface area contributed by atoms with E-state index in [-0.39, 0.29) is 11.4 Å². The first-order valence-corrected chi connectivity index (χ1v) is 7.25. The van der Waals surface area contributed by atoms with Crippen LogP contribution in [0.1, 0.15) is 11.4 Å². The normalized spacial score (nSPS) is 14.1. The van der Waals surface area contributed by atoms with Crippen LogP contribution < -0.4 is 10.0 Å². The smallest absolute Gasteiger partial charge is 0.240 e. The average molecular weight is 280 g/mol. The molecule has 7 nitrogen and oxygen atoms in total. The lowest BCUT2D eigenvalue weighted by molar-refractivity contribution is 0.409. The first-order valence-electron chi connectivity index (χ1n) is 5.77. The van der Waals surface area contributed by atoms with Gasteiger partial charge in [-0.25, -0.2) is 13.1 Å². The fraction of sp³-hybridized carbons (Fsp3) is 0.273. The maximum Gasteiger partial charge on any atom is 0.240 e. The Labute approximate surface area is 110 Å². The lowest BCUT2D eigenvalue weighted by Gasteiger charge is -2.06. The van der Waals surface area contributed by atoms with Crippen LogP contribution in [0.15, 0.2) is 34.0 Å². The average Bonchev–Trinajstić information content (AvgIpc) is 3.06. The minimum absolute atomic E-state index is 0.00810. The molecule has 1 aliphatic rings. The van der Waals surface area contributed by atoms with E-state index in [2.05, 4.69) is 24.7 Å². The summed E-state index contributed by atoms with van der Waals surface area (Å²) in [4.78, 5) is 4.00. The number of nitrogens with one attached hydrogen (secondary N) is 2. The Morgan fingerprint density at radius 2 is 2.32 bits per heavy atom. The summed E-state index contributed by atoms with van der Waals surface area (Å²) in [6, 6.07) is 5.05. The molecule has 2 heterocycles. The highest BCUT2D eigenvalue weighted by Crippen LogP contribution is 2.24. The molecule has 0 unspecified atom stereocenters. The highest BCUT2D eigenvalue weighted by Gasteiger charge is 2.18. The molecule has 0 radical (unpaired) electrons. The number of rotatable bonds is 4. The van der Waals surface area contributed by atoms with Crippen molar-refractivity contribution in [1.29, 1.82) is 0 Å². The monoisotopic (exact) mass is 280 g/mol. The molecule has 0 bridgehead atoms. The van der Waals surface area contributed by atoms with Crippen LogP contribution in [-0.4, -0.2) is 25.1 Å². The first-order chi connectivity index (χ1) is 9.15. The minimum Gasteiger partial charge on any atom is -0.384 e. The van der Waals surface area contributed by atoms with Gasteiger partial charge < -0.3 is 9.84 Å². The Hall–Kier alpha value is -1.93. The van der Waals surface area contributed by atoms with Gasteiger partial charge in [-0.2, -0.15) is 4.98 Å². The maximum atomic E-state index is 12.1. The molecule has 0 saturated carbocycles. The quantitative estimate of drug-likeness (QED) is 0.847. The van der Waals surface area contributed by atoms with Crippen LogP contribution >= 0.6 is 0 Å². The van der Waals surface area contributed by atoms with Gasteiger partial charge in [-0.05, 0) is 30.2 Å². The van der Waals surface area contributed by atoms with E-state index in [0.29, 0.717) is 5.82 Å². The minimum atomic E-state index is -3.56. The predicted octanol–water partition coefficient (Wildman–Crippen LogP) is 0.516. The van der Waals surface area contributed by atoms with Gasteiger partial charge in [-0.3, -0.25) is 0 Å². The third-order valence-electron chi connectivity index (χ3n) is 2.92. The number of fused-ring (bicyclic) bond motifs is 1. The third kappa shape index (κ3) is 2.45. The molecule has 2 N–H and O–H groups in total. The van der Waals surface area contributed by atoms with Crippen LogP contribution in [0.2, 0.25) is 0 Å². The summed E-state index contributed by atoms with van der Waals surface area (Å²) in [5.74, 6) is 0.298. The number of sulfonamides is 1. The van der Waals surface area contributed by atoms with E-state index in [4.69, 9.17) is 0 Å². The van der Waals surface area contributed by atoms with Gasteiger partial charge >= 0.3 is 0 Å². The number of hydrogen-bond donors (Lipinski definition) is 2. The van der Waals surface area contributed by atoms with E-state index >= 15 is 0 Å². The summed E-state index contributed by atoms with van der Waals surface area (Å²) in [5, 5.41) is 6.73. The second kappa shape index (κ2) is 4.63. The summed E-state index contributed by atoms with van der Waals surface area (Å²) < 4.78 is 31.2. The molecule has 0 saturated heterocycles. The first kappa shape index (κ1) is 12.1. The van der Waals surface area contributed by atoms with Crippen molar-refractivity contribution in [1.82, 2.24) is 14.9 Å². The molecule has 19 heavy (non-hydrogen) atoms. The fourth-order valence-corrected chi connectivity index (χ4v) is 2.99. The molecule has 1 aromatic heterocycles. The van der Waals surface area contributed by atoms with E-state index < -0.39 is 10.0 Å². The Kier molecular flexibility index (Phi) is 2.96. The molecule has 0 amide bonds. The van der Waals surface area contributed by atoms with Crippen molar-refractivity contribution in [2.75, 3.05) is 11.9 Å². The molecule has 100 valence electrons. The summed E-state index contributed by atoms with van der Waals surface area (Å²) >= 11 is 0. The van der Waals surface area contributed by atoms with E-state index in [1.807, 2.05) is 0 Å². The van der Waals surface area contributed by atoms with Crippen LogP contribution in [0.4, 0.5) is 5.69 Å². The van der Waals surface area contributed by atoms with Crippen molar-refractivity contribution < 1.29 is 12.9 Å². The predicted molar refractivity (Wildman–Crippen MR) is 67.0 cm³/mol. The van der Waals surface area contributed by atoms with Gasteiger partial charge in [-0.1, -0.05) is 5.16 Å². The Balaban J connectivity index is 1.80. The topological polar surface area (TPSA) is 97.1 Å². The number of anilines is 1. The van der Waals surface area contributed by atoms with Gasteiger partial charge in [0, 0.05) is 12.2 Å². The number of aromatic nitrogens is 2. The second-order valence-electron chi connectivity index (χ2n) is 4.17. The van der Waals surface area contributed by atoms with Crippen LogP contribution in [0.25, 0.3) is 0 Å². The summed E-state index contributed by atoms with van der Waals surface area (Å²) in [5.41, 5.74) is 2.01. The van der Waals surface area contributed by atoms with E-state index in [9.17, 15) is 8.42 Å². The summed E-state index contributed by atoms with van der Waals surface area (Å²) in [6.45, 7) is 0.850. The van der Waals surface area contributed by atoms with Crippen molar-refractivity contribution >= 4 is 15.7 Å². The lowest BCUT2D eigenvalue weighted by Crippen LogP contribution is -2.23. The van der Waals surface area contributed by atoms with Crippen molar-refractivity contribution in [3.63, 3.8) is 0 Å². The van der Waals surface area contributed by atoms with Gasteiger partial charge in [0.25, 0.3) is 0 Å². The van der Waals surface area contributed by atoms with Gasteiger partial charge in [0.15, 0.2) is 5.82 Å². The molecule has 8 heteroatoms. The van der Waals surface area contributed by atoms with Gasteiger partial charge in [0.2, 0.25) is 16.4 Å². The van der Waals surface area contributed by atoms with E-state index in [1.165, 1.54) is 0 Å². The Morgan fingerprint density at radius 1 is 1.42 bits per heavy atom. The highest BCUT2D eigenvalue weighted by molar-refractivity contribution is 7.89. The van der Waals surface area contributed by atoms with Crippen LogP contribution in [0.5, 0.6) is 0 Å². The SMILES string of the molecule is O=S(=O)(NCc1ncon1)c1ccc2c(c1)CCN2. The van der Waals surface area contributed by atoms with Crippen molar-refractivity contribution in [3.8, 4) is 0 Å². The van der Waals surface area contributed by atoms with Gasteiger partial charge in [0.1, 0.15) is 0 Å². The molecular weight excluding hydrogens is 268 g/mol. The molecule has 0 aliphatic carbocycles. The van der Waals surface area contributed by atoms with E-state index in [1.54, 1.807) is 18.2 Å². The molecule has 0 fully saturated rings. The van der Waals surface area contributed by atoms with Gasteiger partial charge in [0.05, 0.1) is 11.4 Å². The van der Waals surface area contributed by atoms with Crippen molar-refractivity contribution in [3.05, 3.63) is 36.0 Å². The molecular formula is C11H12N4O3S. The number of hydrogen-bond acceptors (Lipinski definition) is 6. The second-order valence-corrected chi connectivity index (χ2v) is 5.93. The standard InChI is InChI=1S/C11H12N4O3S/c16-19(17,14-6-11-13-7-18-15-11)9-1-2-10-8(5-9)3-4-12-10/h1-2,5,7,12,14H,3-4,6H2. The van der Waals surface area contributed by atoms with E-state index in [0.717, 1.165) is 30.6 Å². The molecule has 3 rings (SSSR count). The maximum absolute atomic E-state index is 12.1. The third-order valence-corrected chi connectivity index (χ3v) is 4.32. The molecule has 2 aromatic rings. The van der Waals surface area contributed by atoms with Crippen LogP contribution in [-0.2, 0) is 23.0 Å². The zero-order valence-corrected chi connectivity index (χ0v) is 10.8. The zero-order chi connectivity index (χ0) is 13.3. The summed E-state index contributed by atoms with van der Waals surface area (Å²) in [7, 11) is -3.56. The molecule has 0 atom stereocenters. The molecule has 1 aromatic carbocycles. The fourth-order valence-electron chi connectivity index (χ4n) is 1.96. The number of benzene rings is 1. The largest absolute Gasteiger partial charge is 0.384 e. The van der Waals surface area contributed by atoms with Crippen molar-refractivity contribution in [2.24, 2.45) is 0 Å². The van der Waals surface area contributed by atoms with Crippen LogP contribution in [0.3, 0.4) is 0 Å². The van der Waals surface area contributed by atoms with Crippen LogP contribution in [0, 0.1) is 0 Å². The zero-order valence-electron chi connectivity index (χ0n) is 9.96. The Bertz CT molecular complexity index is 682. The molecule has 1 aliphatic heterocycles. The molecule has 0 spiro atoms.